The molecule has 4 N–H and O–H groups in total. The van der Waals surface area contributed by atoms with Crippen LogP contribution in [-0.4, -0.2) is 52.5 Å². The highest BCUT2D eigenvalue weighted by atomic mass is 32.2. The third kappa shape index (κ3) is 8.96. The lowest BCUT2D eigenvalue weighted by Crippen LogP contribution is -2.51. The van der Waals surface area contributed by atoms with Gasteiger partial charge in [0.25, 0.3) is 0 Å². The average Bonchev–Trinajstić information content (AvgIpc) is 2.69. The van der Waals surface area contributed by atoms with E-state index in [9.17, 15) is 28.2 Å². The number of anilines is 1. The Hall–Kier alpha value is -3.08. The van der Waals surface area contributed by atoms with Crippen LogP contribution in [0.3, 0.4) is 0 Å². The molecule has 0 saturated heterocycles. The Bertz CT molecular complexity index is 897. The van der Waals surface area contributed by atoms with Gasteiger partial charge in [0.05, 0.1) is 6.04 Å². The van der Waals surface area contributed by atoms with Gasteiger partial charge in [-0.2, -0.15) is 0 Å². The van der Waals surface area contributed by atoms with Crippen molar-refractivity contribution >= 4 is 46.6 Å². The summed E-state index contributed by atoms with van der Waals surface area (Å²) in [7, 11) is -1.52. The number of nitrogens with one attached hydrogen (secondary N) is 4. The number of aldehydes is 1. The minimum atomic E-state index is -1.52. The standard InChI is InChI=1S/C21H30N4O6S/c1-13(18(28)23-14(12-26)10-11-17(27)25-32(5)31)22-19(29)20(30)24-16-9-7-6-8-15(16)21(2,3)4/h6-9,12-14H,10-11H2,1-5H3,(H,22,29)(H,23,28)(H,24,30)(H,25,27). The lowest BCUT2D eigenvalue weighted by atomic mass is 9.86. The molecule has 4 amide bonds. The van der Waals surface area contributed by atoms with Crippen LogP contribution in [0.1, 0.15) is 46.1 Å². The van der Waals surface area contributed by atoms with Crippen LogP contribution in [0.5, 0.6) is 0 Å². The zero-order valence-corrected chi connectivity index (χ0v) is 19.6. The highest BCUT2D eigenvalue weighted by Gasteiger charge is 2.25. The zero-order valence-electron chi connectivity index (χ0n) is 18.8. The van der Waals surface area contributed by atoms with Crippen molar-refractivity contribution in [2.75, 3.05) is 11.6 Å². The third-order valence-corrected chi connectivity index (χ3v) is 4.88. The van der Waals surface area contributed by atoms with Crippen LogP contribution in [0.15, 0.2) is 24.3 Å². The van der Waals surface area contributed by atoms with Gasteiger partial charge >= 0.3 is 11.8 Å². The topological polar surface area (TPSA) is 151 Å². The summed E-state index contributed by atoms with van der Waals surface area (Å²) >= 11 is 0. The molecule has 1 aromatic rings. The van der Waals surface area contributed by atoms with Crippen molar-refractivity contribution in [1.82, 2.24) is 15.4 Å². The van der Waals surface area contributed by atoms with Crippen molar-refractivity contribution in [3.63, 3.8) is 0 Å². The number of benzene rings is 1. The van der Waals surface area contributed by atoms with Crippen molar-refractivity contribution in [3.8, 4) is 0 Å². The smallest absolute Gasteiger partial charge is 0.313 e. The minimum Gasteiger partial charge on any atom is -0.345 e. The molecule has 0 spiro atoms. The quantitative estimate of drug-likeness (QED) is 0.304. The van der Waals surface area contributed by atoms with Gasteiger partial charge in [-0.05, 0) is 30.4 Å². The van der Waals surface area contributed by atoms with E-state index in [0.717, 1.165) is 5.56 Å². The number of hydrogen-bond acceptors (Lipinski definition) is 6. The Morgan fingerprint density at radius 1 is 1.06 bits per heavy atom. The lowest BCUT2D eigenvalue weighted by Gasteiger charge is -2.23. The van der Waals surface area contributed by atoms with Crippen molar-refractivity contribution in [1.29, 1.82) is 0 Å². The van der Waals surface area contributed by atoms with E-state index in [4.69, 9.17) is 0 Å². The fourth-order valence-corrected chi connectivity index (χ4v) is 3.16. The van der Waals surface area contributed by atoms with E-state index in [1.165, 1.54) is 13.2 Å². The van der Waals surface area contributed by atoms with Crippen molar-refractivity contribution in [2.45, 2.75) is 58.0 Å². The first-order valence-electron chi connectivity index (χ1n) is 9.95. The van der Waals surface area contributed by atoms with Gasteiger partial charge in [0, 0.05) is 18.4 Å². The summed E-state index contributed by atoms with van der Waals surface area (Å²) in [6, 6.07) is 5.01. The normalized spacial score (nSPS) is 13.8. The largest absolute Gasteiger partial charge is 0.345 e. The van der Waals surface area contributed by atoms with Crippen LogP contribution in [-0.2, 0) is 40.4 Å². The van der Waals surface area contributed by atoms with Crippen LogP contribution in [0.4, 0.5) is 5.69 Å². The van der Waals surface area contributed by atoms with Gasteiger partial charge in [-0.3, -0.25) is 23.9 Å². The van der Waals surface area contributed by atoms with E-state index < -0.39 is 46.7 Å². The van der Waals surface area contributed by atoms with Gasteiger partial charge in [0.1, 0.15) is 23.3 Å². The first-order chi connectivity index (χ1) is 14.8. The summed E-state index contributed by atoms with van der Waals surface area (Å²) in [6.45, 7) is 7.27. The van der Waals surface area contributed by atoms with Gasteiger partial charge in [-0.1, -0.05) is 39.0 Å². The fraction of sp³-hybridized carbons (Fsp3) is 0.476. The number of hydrogen-bond donors (Lipinski definition) is 4. The molecule has 0 fully saturated rings. The second kappa shape index (κ2) is 12.1. The molecule has 176 valence electrons. The van der Waals surface area contributed by atoms with E-state index in [2.05, 4.69) is 20.7 Å². The Labute approximate surface area is 189 Å². The fourth-order valence-electron chi connectivity index (χ4n) is 2.73. The summed E-state index contributed by atoms with van der Waals surface area (Å²) in [5.41, 5.74) is 1.07. The van der Waals surface area contributed by atoms with Crippen LogP contribution in [0.2, 0.25) is 0 Å². The molecular formula is C21H30N4O6S. The number of carbonyl (C=O) groups excluding carboxylic acids is 5. The van der Waals surface area contributed by atoms with Gasteiger partial charge in [-0.15, -0.1) is 0 Å². The Balaban J connectivity index is 2.64. The number of rotatable bonds is 9. The monoisotopic (exact) mass is 466 g/mol. The first kappa shape index (κ1) is 27.0. The van der Waals surface area contributed by atoms with Crippen molar-refractivity contribution in [2.24, 2.45) is 0 Å². The summed E-state index contributed by atoms with van der Waals surface area (Å²) in [6.07, 6.45) is 1.61. The average molecular weight is 467 g/mol. The maximum absolute atomic E-state index is 12.3. The van der Waals surface area contributed by atoms with Crippen LogP contribution < -0.4 is 20.7 Å². The van der Waals surface area contributed by atoms with E-state index in [-0.39, 0.29) is 18.3 Å². The molecule has 0 aliphatic rings. The predicted molar refractivity (Wildman–Crippen MR) is 121 cm³/mol. The Morgan fingerprint density at radius 2 is 1.69 bits per heavy atom. The molecule has 32 heavy (non-hydrogen) atoms. The maximum Gasteiger partial charge on any atom is 0.313 e. The first-order valence-corrected chi connectivity index (χ1v) is 11.5. The summed E-state index contributed by atoms with van der Waals surface area (Å²) in [4.78, 5) is 59.5. The predicted octanol–water partition coefficient (Wildman–Crippen LogP) is 0.301. The summed E-state index contributed by atoms with van der Waals surface area (Å²) in [5, 5.41) is 7.22. The highest BCUT2D eigenvalue weighted by Crippen LogP contribution is 2.29. The molecule has 11 heteroatoms. The van der Waals surface area contributed by atoms with E-state index >= 15 is 0 Å². The minimum absolute atomic E-state index is 0.0109. The molecular weight excluding hydrogens is 436 g/mol. The Kier molecular flexibility index (Phi) is 10.2. The summed E-state index contributed by atoms with van der Waals surface area (Å²) < 4.78 is 13.1. The van der Waals surface area contributed by atoms with E-state index in [1.54, 1.807) is 12.1 Å². The zero-order chi connectivity index (χ0) is 24.5. The molecule has 0 radical (unpaired) electrons. The highest BCUT2D eigenvalue weighted by molar-refractivity contribution is 7.82. The van der Waals surface area contributed by atoms with Gasteiger partial charge in [-0.25, -0.2) is 4.21 Å². The van der Waals surface area contributed by atoms with Gasteiger partial charge in [0.15, 0.2) is 0 Å². The van der Waals surface area contributed by atoms with Crippen LogP contribution in [0, 0.1) is 0 Å². The van der Waals surface area contributed by atoms with Crippen LogP contribution in [0.25, 0.3) is 0 Å². The molecule has 0 saturated carbocycles. The molecule has 3 atom stereocenters. The van der Waals surface area contributed by atoms with Crippen molar-refractivity contribution < 1.29 is 28.2 Å². The molecule has 3 unspecified atom stereocenters. The second-order valence-corrected chi connectivity index (χ2v) is 9.33. The van der Waals surface area contributed by atoms with Gasteiger partial charge in [0.2, 0.25) is 11.8 Å². The van der Waals surface area contributed by atoms with Crippen molar-refractivity contribution in [3.05, 3.63) is 29.8 Å². The van der Waals surface area contributed by atoms with E-state index in [0.29, 0.717) is 12.0 Å². The van der Waals surface area contributed by atoms with Crippen LogP contribution >= 0.6 is 0 Å². The number of amides is 4. The third-order valence-electron chi connectivity index (χ3n) is 4.36. The molecule has 1 aromatic carbocycles. The van der Waals surface area contributed by atoms with Gasteiger partial charge < -0.3 is 20.7 Å². The molecule has 0 bridgehead atoms. The SMILES string of the molecule is CC(NC(=O)C(=O)Nc1ccccc1C(C)(C)C)C(=O)NC(C=O)CCC(=O)NS(C)=O. The molecule has 1 rings (SSSR count). The molecule has 0 aliphatic carbocycles. The maximum atomic E-state index is 12.3. The molecule has 0 aromatic heterocycles. The number of para-hydroxylation sites is 1. The summed E-state index contributed by atoms with van der Waals surface area (Å²) in [5.74, 6) is -3.17. The second-order valence-electron chi connectivity index (χ2n) is 8.21. The molecule has 10 nitrogen and oxygen atoms in total. The molecule has 0 heterocycles. The molecule has 0 aliphatic heterocycles. The van der Waals surface area contributed by atoms with E-state index in [1.807, 2.05) is 32.9 Å². The number of carbonyl (C=O) groups is 5. The lowest BCUT2D eigenvalue weighted by molar-refractivity contribution is -0.138. The Morgan fingerprint density at radius 3 is 2.25 bits per heavy atom.